The number of nitrogens with one attached hydrogen (secondary N) is 3. The summed E-state index contributed by atoms with van der Waals surface area (Å²) in [6, 6.07) is 0.0164. The average Bonchev–Trinajstić information content (AvgIpc) is 3.20. The van der Waals surface area contributed by atoms with Crippen molar-refractivity contribution in [3.63, 3.8) is 0 Å². The quantitative estimate of drug-likeness (QED) is 0.435. The fourth-order valence-electron chi connectivity index (χ4n) is 6.40. The summed E-state index contributed by atoms with van der Waals surface area (Å²) in [6.07, 6.45) is 3.90. The predicted octanol–water partition coefficient (Wildman–Crippen LogP) is -0.0768. The number of rotatable bonds is 7. The number of urea groups is 1. The second kappa shape index (κ2) is 9.21. The van der Waals surface area contributed by atoms with E-state index in [1.807, 2.05) is 30.9 Å². The molecule has 0 aromatic rings. The molecule has 3 aliphatic heterocycles. The van der Waals surface area contributed by atoms with Crippen molar-refractivity contribution in [2.45, 2.75) is 81.3 Å². The van der Waals surface area contributed by atoms with Gasteiger partial charge in [-0.1, -0.05) is 0 Å². The molecular formula is C23H41N7O4S. The lowest BCUT2D eigenvalue weighted by Crippen LogP contribution is -2.66. The van der Waals surface area contributed by atoms with Gasteiger partial charge in [0.15, 0.2) is 0 Å². The Morgan fingerprint density at radius 1 is 1.11 bits per heavy atom. The number of amides is 3. The van der Waals surface area contributed by atoms with E-state index in [1.165, 1.54) is 4.90 Å². The predicted molar refractivity (Wildman–Crippen MR) is 131 cm³/mol. The van der Waals surface area contributed by atoms with Crippen LogP contribution in [0.4, 0.5) is 4.79 Å². The third-order valence-corrected chi connectivity index (χ3v) is 10.8. The van der Waals surface area contributed by atoms with E-state index in [0.29, 0.717) is 38.5 Å². The van der Waals surface area contributed by atoms with Gasteiger partial charge in [0.2, 0.25) is 15.9 Å². The average molecular weight is 512 g/mol. The molecule has 12 heteroatoms. The fraction of sp³-hybridized carbons (Fsp3) is 0.913. The van der Waals surface area contributed by atoms with Crippen molar-refractivity contribution < 1.29 is 18.0 Å². The van der Waals surface area contributed by atoms with Crippen LogP contribution in [-0.2, 0) is 14.8 Å². The Hall–Kier alpha value is -1.31. The maximum atomic E-state index is 13.7. The molecular weight excluding hydrogens is 470 g/mol. The first-order valence-electron chi connectivity index (χ1n) is 13.0. The number of fused-ring (bicyclic) bond motifs is 1. The molecule has 5 aliphatic rings. The third kappa shape index (κ3) is 5.10. The van der Waals surface area contributed by atoms with Gasteiger partial charge in [0.1, 0.15) is 0 Å². The Kier molecular flexibility index (Phi) is 6.67. The Labute approximate surface area is 208 Å². The van der Waals surface area contributed by atoms with Crippen LogP contribution in [0.25, 0.3) is 0 Å². The summed E-state index contributed by atoms with van der Waals surface area (Å²) in [4.78, 5) is 30.8. The smallest absolute Gasteiger partial charge is 0.319 e. The number of carbonyl (C=O) groups is 2. The van der Waals surface area contributed by atoms with Gasteiger partial charge >= 0.3 is 6.03 Å². The molecule has 198 valence electrons. The van der Waals surface area contributed by atoms with E-state index in [2.05, 4.69) is 27.5 Å². The molecule has 0 radical (unpaired) electrons. The van der Waals surface area contributed by atoms with Crippen molar-refractivity contribution in [1.82, 2.24) is 35.4 Å². The molecule has 0 spiro atoms. The Morgan fingerprint density at radius 3 is 2.46 bits per heavy atom. The van der Waals surface area contributed by atoms with E-state index in [9.17, 15) is 18.0 Å². The highest BCUT2D eigenvalue weighted by molar-refractivity contribution is 7.90. The van der Waals surface area contributed by atoms with Gasteiger partial charge in [-0.25, -0.2) is 28.0 Å². The van der Waals surface area contributed by atoms with Crippen LogP contribution in [0.5, 0.6) is 0 Å². The molecule has 2 aliphatic carbocycles. The van der Waals surface area contributed by atoms with Gasteiger partial charge in [-0.15, -0.1) is 0 Å². The molecule has 5 rings (SSSR count). The molecule has 3 heterocycles. The molecule has 0 aromatic heterocycles. The minimum Gasteiger partial charge on any atom is -0.319 e. The zero-order valence-corrected chi connectivity index (χ0v) is 22.2. The summed E-state index contributed by atoms with van der Waals surface area (Å²) in [7, 11) is 0.423. The van der Waals surface area contributed by atoms with Crippen LogP contribution < -0.4 is 15.6 Å². The van der Waals surface area contributed by atoms with E-state index in [-0.39, 0.29) is 41.9 Å². The van der Waals surface area contributed by atoms with Gasteiger partial charge < -0.3 is 4.90 Å². The van der Waals surface area contributed by atoms with Crippen molar-refractivity contribution in [2.24, 2.45) is 11.8 Å². The van der Waals surface area contributed by atoms with Crippen LogP contribution in [0, 0.1) is 11.8 Å². The van der Waals surface area contributed by atoms with Gasteiger partial charge in [0.05, 0.1) is 11.2 Å². The van der Waals surface area contributed by atoms with Crippen LogP contribution in [0.3, 0.4) is 0 Å². The normalized spacial score (nSPS) is 38.3. The molecule has 6 unspecified atom stereocenters. The third-order valence-electron chi connectivity index (χ3n) is 8.68. The lowest BCUT2D eigenvalue weighted by atomic mass is 9.80. The summed E-state index contributed by atoms with van der Waals surface area (Å²) in [5, 5.41) is 3.45. The van der Waals surface area contributed by atoms with Crippen LogP contribution in [0.2, 0.25) is 0 Å². The summed E-state index contributed by atoms with van der Waals surface area (Å²) in [6.45, 7) is 6.43. The number of nitrogens with zero attached hydrogens (tertiary/aromatic N) is 4. The van der Waals surface area contributed by atoms with Crippen LogP contribution in [0.15, 0.2) is 0 Å². The van der Waals surface area contributed by atoms with Crippen molar-refractivity contribution in [2.75, 3.05) is 40.3 Å². The number of hydrogen-bond donors (Lipinski definition) is 3. The summed E-state index contributed by atoms with van der Waals surface area (Å²) < 4.78 is 29.2. The second-order valence-electron chi connectivity index (χ2n) is 11.8. The summed E-state index contributed by atoms with van der Waals surface area (Å²) >= 11 is 0. The highest BCUT2D eigenvalue weighted by Gasteiger charge is 2.53. The van der Waals surface area contributed by atoms with Gasteiger partial charge in [-0.05, 0) is 52.4 Å². The Balaban J connectivity index is 1.37. The Bertz CT molecular complexity index is 958. The largest absolute Gasteiger partial charge is 0.327 e. The van der Waals surface area contributed by atoms with Crippen LogP contribution >= 0.6 is 0 Å². The van der Waals surface area contributed by atoms with Crippen LogP contribution in [-0.4, -0.2) is 109 Å². The fourth-order valence-corrected chi connectivity index (χ4v) is 8.37. The molecule has 5 fully saturated rings. The molecule has 6 atom stereocenters. The first-order valence-corrected chi connectivity index (χ1v) is 14.6. The van der Waals surface area contributed by atoms with E-state index in [0.717, 1.165) is 25.8 Å². The Morgan fingerprint density at radius 2 is 1.86 bits per heavy atom. The monoisotopic (exact) mass is 511 g/mol. The minimum absolute atomic E-state index is 0.154. The molecule has 35 heavy (non-hydrogen) atoms. The maximum absolute atomic E-state index is 13.7. The lowest BCUT2D eigenvalue weighted by Gasteiger charge is -2.49. The first kappa shape index (κ1) is 25.3. The standard InChI is InChI=1S/C23H41N7O4S/c1-15-9-17(28(4)25-15)14-29-20-6-5-18(35(33,34)26-23(2)7-8-23)10-19(20)21(31)30(22(29)32)13-16-11-24-27(3)12-16/h15-20,24-26H,5-14H2,1-4H3. The van der Waals surface area contributed by atoms with Gasteiger partial charge in [0, 0.05) is 69.9 Å². The first-order chi connectivity index (χ1) is 16.5. The van der Waals surface area contributed by atoms with E-state index in [1.54, 1.807) is 0 Å². The highest BCUT2D eigenvalue weighted by Crippen LogP contribution is 2.40. The molecule has 2 saturated carbocycles. The molecule has 3 amide bonds. The summed E-state index contributed by atoms with van der Waals surface area (Å²) in [5.74, 6) is -0.532. The minimum atomic E-state index is -3.53. The molecule has 0 aromatic carbocycles. The van der Waals surface area contributed by atoms with Crippen LogP contribution in [0.1, 0.15) is 52.4 Å². The lowest BCUT2D eigenvalue weighted by molar-refractivity contribution is -0.141. The molecule has 3 N–H and O–H groups in total. The summed E-state index contributed by atoms with van der Waals surface area (Å²) in [5.41, 5.74) is 6.31. The number of hydrazine groups is 2. The molecule has 0 bridgehead atoms. The van der Waals surface area contributed by atoms with E-state index >= 15 is 0 Å². The maximum Gasteiger partial charge on any atom is 0.327 e. The number of carbonyl (C=O) groups excluding carboxylic acids is 2. The van der Waals surface area contributed by atoms with Gasteiger partial charge in [0.25, 0.3) is 0 Å². The van der Waals surface area contributed by atoms with E-state index in [4.69, 9.17) is 0 Å². The zero-order chi connectivity index (χ0) is 25.1. The number of hydrogen-bond acceptors (Lipinski definition) is 8. The topological polar surface area (TPSA) is 117 Å². The van der Waals surface area contributed by atoms with Crippen molar-refractivity contribution in [3.05, 3.63) is 0 Å². The van der Waals surface area contributed by atoms with E-state index < -0.39 is 21.2 Å². The second-order valence-corrected chi connectivity index (χ2v) is 13.8. The van der Waals surface area contributed by atoms with Gasteiger partial charge in [-0.2, -0.15) is 0 Å². The SMILES string of the molecule is CC1CC(CN2C(=O)N(CC3CNN(C)C3)C(=O)C3CC(S(=O)(=O)NC4(C)CC4)CCC32)N(C)N1. The number of likely N-dealkylation sites (N-methyl/N-ethyl adjacent to an activating group) is 1. The molecule has 11 nitrogen and oxygen atoms in total. The zero-order valence-electron chi connectivity index (χ0n) is 21.4. The number of sulfonamides is 1. The van der Waals surface area contributed by atoms with Crippen molar-refractivity contribution >= 4 is 22.0 Å². The number of imide groups is 1. The van der Waals surface area contributed by atoms with Crippen molar-refractivity contribution in [3.8, 4) is 0 Å². The highest BCUT2D eigenvalue weighted by atomic mass is 32.2. The van der Waals surface area contributed by atoms with Crippen molar-refractivity contribution in [1.29, 1.82) is 0 Å². The molecule has 3 saturated heterocycles. The van der Waals surface area contributed by atoms with Gasteiger partial charge in [-0.3, -0.25) is 20.5 Å².